The number of anilines is 1. The molecule has 7 heteroatoms. The van der Waals surface area contributed by atoms with Crippen molar-refractivity contribution in [3.8, 4) is 10.7 Å². The molecule has 0 aliphatic heterocycles. The molecule has 0 radical (unpaired) electrons. The SMILES string of the molecule is Cc1nc2ccc(NC(=O)Cc3csc(-c4ccccn4)n3)cc2s1. The van der Waals surface area contributed by atoms with Crippen LogP contribution in [0.2, 0.25) is 0 Å². The van der Waals surface area contributed by atoms with Crippen molar-refractivity contribution in [2.75, 3.05) is 5.32 Å². The summed E-state index contributed by atoms with van der Waals surface area (Å²) in [5.74, 6) is -0.0848. The van der Waals surface area contributed by atoms with E-state index in [1.165, 1.54) is 11.3 Å². The van der Waals surface area contributed by atoms with E-state index in [0.717, 1.165) is 37.3 Å². The van der Waals surface area contributed by atoms with Crippen LogP contribution in [0.5, 0.6) is 0 Å². The number of hydrogen-bond donors (Lipinski definition) is 1. The van der Waals surface area contributed by atoms with Gasteiger partial charge in [-0.2, -0.15) is 0 Å². The standard InChI is InChI=1S/C18H14N4OS2/c1-11-20-14-6-5-12(8-16(14)25-11)21-17(23)9-13-10-24-18(22-13)15-4-2-3-7-19-15/h2-8,10H,9H2,1H3,(H,21,23). The van der Waals surface area contributed by atoms with Crippen LogP contribution in [0.3, 0.4) is 0 Å². The van der Waals surface area contributed by atoms with Gasteiger partial charge in [-0.15, -0.1) is 22.7 Å². The molecule has 1 amide bonds. The first-order chi connectivity index (χ1) is 12.2. The van der Waals surface area contributed by atoms with Gasteiger partial charge in [-0.1, -0.05) is 6.07 Å². The first-order valence-electron chi connectivity index (χ1n) is 7.70. The Bertz CT molecular complexity index is 1040. The van der Waals surface area contributed by atoms with Crippen molar-refractivity contribution in [2.24, 2.45) is 0 Å². The molecule has 0 aliphatic rings. The Morgan fingerprint density at radius 2 is 2.12 bits per heavy atom. The fraction of sp³-hybridized carbons (Fsp3) is 0.111. The third-order valence-corrected chi connectivity index (χ3v) is 5.40. The quantitative estimate of drug-likeness (QED) is 0.584. The van der Waals surface area contributed by atoms with Crippen molar-refractivity contribution in [1.29, 1.82) is 0 Å². The summed E-state index contributed by atoms with van der Waals surface area (Å²) in [6.07, 6.45) is 1.98. The summed E-state index contributed by atoms with van der Waals surface area (Å²) in [6.45, 7) is 1.98. The zero-order valence-corrected chi connectivity index (χ0v) is 15.0. The minimum Gasteiger partial charge on any atom is -0.326 e. The van der Waals surface area contributed by atoms with Crippen molar-refractivity contribution in [3.63, 3.8) is 0 Å². The van der Waals surface area contributed by atoms with Gasteiger partial charge >= 0.3 is 0 Å². The Kier molecular flexibility index (Phi) is 4.25. The maximum atomic E-state index is 12.3. The van der Waals surface area contributed by atoms with Crippen LogP contribution in [0.25, 0.3) is 20.9 Å². The van der Waals surface area contributed by atoms with Gasteiger partial charge in [-0.05, 0) is 37.3 Å². The summed E-state index contributed by atoms with van der Waals surface area (Å²) < 4.78 is 1.07. The highest BCUT2D eigenvalue weighted by Gasteiger charge is 2.10. The van der Waals surface area contributed by atoms with E-state index in [4.69, 9.17) is 0 Å². The van der Waals surface area contributed by atoms with Crippen LogP contribution < -0.4 is 5.32 Å². The third kappa shape index (κ3) is 3.57. The van der Waals surface area contributed by atoms with Gasteiger partial charge in [0.2, 0.25) is 5.91 Å². The van der Waals surface area contributed by atoms with Gasteiger partial charge in [0.25, 0.3) is 0 Å². The van der Waals surface area contributed by atoms with Crippen molar-refractivity contribution in [1.82, 2.24) is 15.0 Å². The number of carbonyl (C=O) groups is 1. The predicted molar refractivity (Wildman–Crippen MR) is 102 cm³/mol. The summed E-state index contributed by atoms with van der Waals surface area (Å²) in [4.78, 5) is 25.5. The zero-order chi connectivity index (χ0) is 17.2. The van der Waals surface area contributed by atoms with E-state index in [-0.39, 0.29) is 12.3 Å². The fourth-order valence-electron chi connectivity index (χ4n) is 2.48. The summed E-state index contributed by atoms with van der Waals surface area (Å²) in [5, 5.41) is 6.67. The molecule has 0 bridgehead atoms. The summed E-state index contributed by atoms with van der Waals surface area (Å²) in [7, 11) is 0. The number of aromatic nitrogens is 3. The molecule has 0 atom stereocenters. The predicted octanol–water partition coefficient (Wildman–Crippen LogP) is 4.30. The van der Waals surface area contributed by atoms with Crippen LogP contribution in [0, 0.1) is 6.92 Å². The Hall–Kier alpha value is -2.64. The second-order valence-electron chi connectivity index (χ2n) is 5.50. The van der Waals surface area contributed by atoms with E-state index in [9.17, 15) is 4.79 Å². The largest absolute Gasteiger partial charge is 0.326 e. The zero-order valence-electron chi connectivity index (χ0n) is 13.4. The lowest BCUT2D eigenvalue weighted by Crippen LogP contribution is -2.14. The molecule has 0 saturated carbocycles. The van der Waals surface area contributed by atoms with Crippen LogP contribution in [0.15, 0.2) is 48.0 Å². The van der Waals surface area contributed by atoms with Gasteiger partial charge in [0, 0.05) is 17.3 Å². The van der Waals surface area contributed by atoms with E-state index in [1.54, 1.807) is 17.5 Å². The monoisotopic (exact) mass is 366 g/mol. The lowest BCUT2D eigenvalue weighted by atomic mass is 10.2. The van der Waals surface area contributed by atoms with Gasteiger partial charge in [0.15, 0.2) is 0 Å². The topological polar surface area (TPSA) is 67.8 Å². The number of hydrogen-bond acceptors (Lipinski definition) is 6. The number of thiazole rings is 2. The molecule has 0 aliphatic carbocycles. The highest BCUT2D eigenvalue weighted by Crippen LogP contribution is 2.25. The van der Waals surface area contributed by atoms with E-state index >= 15 is 0 Å². The Morgan fingerprint density at radius 1 is 1.20 bits per heavy atom. The lowest BCUT2D eigenvalue weighted by molar-refractivity contribution is -0.115. The van der Waals surface area contributed by atoms with Gasteiger partial charge in [0.1, 0.15) is 5.01 Å². The van der Waals surface area contributed by atoms with Crippen LogP contribution in [-0.4, -0.2) is 20.9 Å². The highest BCUT2D eigenvalue weighted by atomic mass is 32.1. The fourth-order valence-corrected chi connectivity index (χ4v) is 4.14. The summed E-state index contributed by atoms with van der Waals surface area (Å²) in [5.41, 5.74) is 3.31. The molecule has 5 nitrogen and oxygen atoms in total. The second-order valence-corrected chi connectivity index (χ2v) is 7.59. The molecule has 0 unspecified atom stereocenters. The molecular formula is C18H14N4OS2. The van der Waals surface area contributed by atoms with Crippen molar-refractivity contribution in [3.05, 3.63) is 58.7 Å². The first kappa shape index (κ1) is 15.9. The molecule has 25 heavy (non-hydrogen) atoms. The summed E-state index contributed by atoms with van der Waals surface area (Å²) in [6, 6.07) is 11.5. The minimum absolute atomic E-state index is 0.0848. The van der Waals surface area contributed by atoms with Crippen molar-refractivity contribution >= 4 is 44.5 Å². The number of pyridine rings is 1. The Labute approximate surface area is 152 Å². The minimum atomic E-state index is -0.0848. The molecule has 0 saturated heterocycles. The first-order valence-corrected chi connectivity index (χ1v) is 9.40. The maximum absolute atomic E-state index is 12.3. The number of fused-ring (bicyclic) bond motifs is 1. The molecule has 4 rings (SSSR count). The van der Waals surface area contributed by atoms with Gasteiger partial charge in [-0.3, -0.25) is 9.78 Å². The summed E-state index contributed by atoms with van der Waals surface area (Å²) >= 11 is 3.11. The number of carbonyl (C=O) groups excluding carboxylic acids is 1. The molecular weight excluding hydrogens is 352 g/mol. The molecule has 0 spiro atoms. The van der Waals surface area contributed by atoms with E-state index in [2.05, 4.69) is 20.3 Å². The molecule has 1 aromatic carbocycles. The highest BCUT2D eigenvalue weighted by molar-refractivity contribution is 7.18. The molecule has 4 aromatic rings. The number of amides is 1. The average molecular weight is 366 g/mol. The number of nitrogens with zero attached hydrogens (tertiary/aromatic N) is 3. The molecule has 0 fully saturated rings. The smallest absolute Gasteiger partial charge is 0.230 e. The van der Waals surface area contributed by atoms with Crippen molar-refractivity contribution < 1.29 is 4.79 Å². The average Bonchev–Trinajstić information content (AvgIpc) is 3.21. The van der Waals surface area contributed by atoms with Crippen LogP contribution in [0.4, 0.5) is 5.69 Å². The van der Waals surface area contributed by atoms with Gasteiger partial charge in [-0.25, -0.2) is 9.97 Å². The number of aryl methyl sites for hydroxylation is 1. The van der Waals surface area contributed by atoms with E-state index < -0.39 is 0 Å². The number of benzene rings is 1. The molecule has 124 valence electrons. The maximum Gasteiger partial charge on any atom is 0.230 e. The third-order valence-electron chi connectivity index (χ3n) is 3.56. The lowest BCUT2D eigenvalue weighted by Gasteiger charge is -2.03. The van der Waals surface area contributed by atoms with E-state index in [0.29, 0.717) is 0 Å². The van der Waals surface area contributed by atoms with Crippen molar-refractivity contribution in [2.45, 2.75) is 13.3 Å². The van der Waals surface area contributed by atoms with Gasteiger partial charge < -0.3 is 5.32 Å². The molecule has 3 heterocycles. The number of nitrogens with one attached hydrogen (secondary N) is 1. The number of rotatable bonds is 4. The van der Waals surface area contributed by atoms with Crippen LogP contribution in [0.1, 0.15) is 10.7 Å². The van der Waals surface area contributed by atoms with E-state index in [1.807, 2.05) is 48.7 Å². The normalized spacial score (nSPS) is 10.9. The van der Waals surface area contributed by atoms with Crippen LogP contribution >= 0.6 is 22.7 Å². The molecule has 3 aromatic heterocycles. The second kappa shape index (κ2) is 6.70. The van der Waals surface area contributed by atoms with Crippen LogP contribution in [-0.2, 0) is 11.2 Å². The molecule has 1 N–H and O–H groups in total. The Morgan fingerprint density at radius 3 is 2.96 bits per heavy atom. The van der Waals surface area contributed by atoms with Gasteiger partial charge in [0.05, 0.1) is 33.0 Å². The Balaban J connectivity index is 1.45.